The van der Waals surface area contributed by atoms with Crippen LogP contribution in [0.4, 0.5) is 16.6 Å². The second-order valence-corrected chi connectivity index (χ2v) is 4.94. The summed E-state index contributed by atoms with van der Waals surface area (Å²) in [5.74, 6) is 1.14. The Balaban J connectivity index is 1.83. The molecule has 1 aromatic heterocycles. The van der Waals surface area contributed by atoms with Crippen LogP contribution in [-0.2, 0) is 4.74 Å². The van der Waals surface area contributed by atoms with Crippen LogP contribution in [0.2, 0.25) is 0 Å². The minimum Gasteiger partial charge on any atom is -0.450 e. The third-order valence-electron chi connectivity index (χ3n) is 3.34. The van der Waals surface area contributed by atoms with Crippen LogP contribution in [0.1, 0.15) is 19.8 Å². The van der Waals surface area contributed by atoms with Gasteiger partial charge in [-0.05, 0) is 19.8 Å². The molecule has 0 aliphatic carbocycles. The first kappa shape index (κ1) is 16.0. The summed E-state index contributed by atoms with van der Waals surface area (Å²) < 4.78 is 5.01. The number of ether oxygens (including phenoxy) is 1. The molecule has 0 unspecified atom stereocenters. The van der Waals surface area contributed by atoms with Crippen molar-refractivity contribution in [2.24, 2.45) is 0 Å². The first-order chi connectivity index (χ1) is 10.7. The van der Waals surface area contributed by atoms with Gasteiger partial charge in [-0.25, -0.2) is 4.79 Å². The van der Waals surface area contributed by atoms with Crippen molar-refractivity contribution in [2.45, 2.75) is 25.8 Å². The standard InChI is InChI=1S/C14H22N6O2/c1-3-7-15-13-18-12(10-16-19-13)17-11-5-8-20(9-6-11)14(21)22-4-2/h3,10-11H,1,4-9H2,2H3,(H2,15,17,18,19). The number of anilines is 2. The number of carbonyl (C=O) groups is 1. The van der Waals surface area contributed by atoms with Gasteiger partial charge in [-0.3, -0.25) is 0 Å². The Labute approximate surface area is 130 Å². The van der Waals surface area contributed by atoms with Crippen molar-refractivity contribution in [3.05, 3.63) is 18.9 Å². The van der Waals surface area contributed by atoms with Gasteiger partial charge < -0.3 is 20.3 Å². The molecule has 120 valence electrons. The van der Waals surface area contributed by atoms with Crippen molar-refractivity contribution in [2.75, 3.05) is 36.9 Å². The molecular weight excluding hydrogens is 284 g/mol. The Bertz CT molecular complexity index is 502. The summed E-state index contributed by atoms with van der Waals surface area (Å²) in [4.78, 5) is 17.7. The van der Waals surface area contributed by atoms with Gasteiger partial charge in [0.15, 0.2) is 5.82 Å². The highest BCUT2D eigenvalue weighted by Gasteiger charge is 2.23. The van der Waals surface area contributed by atoms with E-state index in [0.29, 0.717) is 38.0 Å². The van der Waals surface area contributed by atoms with E-state index in [-0.39, 0.29) is 12.1 Å². The topological polar surface area (TPSA) is 92.3 Å². The van der Waals surface area contributed by atoms with Crippen molar-refractivity contribution in [3.8, 4) is 0 Å². The van der Waals surface area contributed by atoms with Crippen molar-refractivity contribution in [3.63, 3.8) is 0 Å². The Morgan fingerprint density at radius 2 is 2.32 bits per heavy atom. The minimum atomic E-state index is -0.236. The van der Waals surface area contributed by atoms with Gasteiger partial charge in [0.05, 0.1) is 12.8 Å². The molecule has 8 nitrogen and oxygen atoms in total. The van der Waals surface area contributed by atoms with E-state index in [0.717, 1.165) is 12.8 Å². The third-order valence-corrected chi connectivity index (χ3v) is 3.34. The molecule has 1 fully saturated rings. The van der Waals surface area contributed by atoms with E-state index in [1.807, 2.05) is 6.92 Å². The summed E-state index contributed by atoms with van der Waals surface area (Å²) in [6, 6.07) is 0.259. The molecule has 22 heavy (non-hydrogen) atoms. The maximum atomic E-state index is 11.6. The maximum absolute atomic E-state index is 11.6. The molecule has 0 radical (unpaired) electrons. The first-order valence-corrected chi connectivity index (χ1v) is 7.45. The number of piperidine rings is 1. The average Bonchev–Trinajstić information content (AvgIpc) is 2.54. The predicted octanol–water partition coefficient (Wildman–Crippen LogP) is 1.50. The van der Waals surface area contributed by atoms with Gasteiger partial charge in [0.1, 0.15) is 0 Å². The summed E-state index contributed by atoms with van der Waals surface area (Å²) in [6.07, 6.45) is 4.78. The zero-order valence-corrected chi connectivity index (χ0v) is 12.8. The van der Waals surface area contributed by atoms with Gasteiger partial charge in [0.25, 0.3) is 0 Å². The van der Waals surface area contributed by atoms with Gasteiger partial charge in [-0.1, -0.05) is 6.08 Å². The lowest BCUT2D eigenvalue weighted by Crippen LogP contribution is -2.42. The van der Waals surface area contributed by atoms with Crippen LogP contribution in [0.3, 0.4) is 0 Å². The number of nitrogens with zero attached hydrogens (tertiary/aromatic N) is 4. The highest BCUT2D eigenvalue weighted by molar-refractivity contribution is 5.67. The van der Waals surface area contributed by atoms with E-state index in [1.165, 1.54) is 0 Å². The molecule has 2 N–H and O–H groups in total. The average molecular weight is 306 g/mol. The smallest absolute Gasteiger partial charge is 0.409 e. The van der Waals surface area contributed by atoms with E-state index in [2.05, 4.69) is 32.4 Å². The van der Waals surface area contributed by atoms with Gasteiger partial charge in [0.2, 0.25) is 5.95 Å². The number of likely N-dealkylation sites (tertiary alicyclic amines) is 1. The second-order valence-electron chi connectivity index (χ2n) is 4.94. The van der Waals surface area contributed by atoms with E-state index in [9.17, 15) is 4.79 Å². The lowest BCUT2D eigenvalue weighted by atomic mass is 10.1. The second kappa shape index (κ2) is 8.16. The summed E-state index contributed by atoms with van der Waals surface area (Å²) in [6.45, 7) is 7.79. The summed E-state index contributed by atoms with van der Waals surface area (Å²) >= 11 is 0. The molecule has 0 spiro atoms. The highest BCUT2D eigenvalue weighted by Crippen LogP contribution is 2.16. The molecule has 1 saturated heterocycles. The number of hydrogen-bond donors (Lipinski definition) is 2. The predicted molar refractivity (Wildman–Crippen MR) is 83.8 cm³/mol. The summed E-state index contributed by atoms with van der Waals surface area (Å²) in [7, 11) is 0. The molecule has 8 heteroatoms. The number of rotatable bonds is 6. The molecule has 2 rings (SSSR count). The summed E-state index contributed by atoms with van der Waals surface area (Å²) in [5.41, 5.74) is 0. The van der Waals surface area contributed by atoms with Crippen molar-refractivity contribution < 1.29 is 9.53 Å². The number of hydrogen-bond acceptors (Lipinski definition) is 7. The van der Waals surface area contributed by atoms with Crippen LogP contribution >= 0.6 is 0 Å². The molecule has 1 aliphatic heterocycles. The summed E-state index contributed by atoms with van der Waals surface area (Å²) in [5, 5.41) is 14.1. The Kier molecular flexibility index (Phi) is 5.93. The van der Waals surface area contributed by atoms with Crippen molar-refractivity contribution >= 4 is 17.9 Å². The lowest BCUT2D eigenvalue weighted by molar-refractivity contribution is 0.0983. The van der Waals surface area contributed by atoms with Crippen LogP contribution in [0, 0.1) is 0 Å². The van der Waals surface area contributed by atoms with Gasteiger partial charge in [-0.15, -0.1) is 11.7 Å². The molecule has 1 aliphatic rings. The fraction of sp³-hybridized carbons (Fsp3) is 0.571. The lowest BCUT2D eigenvalue weighted by Gasteiger charge is -2.31. The van der Waals surface area contributed by atoms with Crippen molar-refractivity contribution in [1.82, 2.24) is 20.1 Å². The van der Waals surface area contributed by atoms with Gasteiger partial charge >= 0.3 is 6.09 Å². The quantitative estimate of drug-likeness (QED) is 0.769. The monoisotopic (exact) mass is 306 g/mol. The highest BCUT2D eigenvalue weighted by atomic mass is 16.6. The van der Waals surface area contributed by atoms with Crippen LogP contribution in [0.5, 0.6) is 0 Å². The molecular formula is C14H22N6O2. The van der Waals surface area contributed by atoms with Gasteiger partial charge in [-0.2, -0.15) is 10.1 Å². The molecule has 0 saturated carbocycles. The fourth-order valence-electron chi connectivity index (χ4n) is 2.24. The molecule has 0 bridgehead atoms. The Hall–Kier alpha value is -2.38. The number of nitrogens with one attached hydrogen (secondary N) is 2. The Morgan fingerprint density at radius 1 is 1.55 bits per heavy atom. The van der Waals surface area contributed by atoms with E-state index >= 15 is 0 Å². The zero-order chi connectivity index (χ0) is 15.8. The number of amides is 1. The van der Waals surface area contributed by atoms with Crippen molar-refractivity contribution in [1.29, 1.82) is 0 Å². The van der Waals surface area contributed by atoms with Crippen LogP contribution in [0.25, 0.3) is 0 Å². The number of carbonyl (C=O) groups excluding carboxylic acids is 1. The van der Waals surface area contributed by atoms with E-state index in [4.69, 9.17) is 4.74 Å². The van der Waals surface area contributed by atoms with Crippen LogP contribution < -0.4 is 10.6 Å². The molecule has 0 aromatic carbocycles. The molecule has 0 atom stereocenters. The minimum absolute atomic E-state index is 0.236. The normalized spacial score (nSPS) is 15.2. The number of aromatic nitrogens is 3. The largest absolute Gasteiger partial charge is 0.450 e. The zero-order valence-electron chi connectivity index (χ0n) is 12.8. The van der Waals surface area contributed by atoms with Crippen LogP contribution in [0.15, 0.2) is 18.9 Å². The maximum Gasteiger partial charge on any atom is 0.409 e. The molecule has 1 aromatic rings. The molecule has 1 amide bonds. The SMILES string of the molecule is C=CCNc1nncc(NC2CCN(C(=O)OCC)CC2)n1. The third kappa shape index (κ3) is 4.57. The fourth-order valence-corrected chi connectivity index (χ4v) is 2.24. The first-order valence-electron chi connectivity index (χ1n) is 7.45. The molecule has 2 heterocycles. The van der Waals surface area contributed by atoms with Gasteiger partial charge in [0, 0.05) is 25.7 Å². The van der Waals surface area contributed by atoms with Crippen LogP contribution in [-0.4, -0.2) is 58.5 Å². The van der Waals surface area contributed by atoms with E-state index < -0.39 is 0 Å². The van der Waals surface area contributed by atoms with E-state index in [1.54, 1.807) is 17.2 Å². The Morgan fingerprint density at radius 3 is 3.00 bits per heavy atom.